The monoisotopic (exact) mass is 448 g/mol. The zero-order valence-electron chi connectivity index (χ0n) is 17.7. The lowest BCUT2D eigenvalue weighted by molar-refractivity contribution is -0.139. The van der Waals surface area contributed by atoms with Gasteiger partial charge in [-0.1, -0.05) is 48.9 Å². The first kappa shape index (κ1) is 24.1. The Kier molecular flexibility index (Phi) is 10.0. The summed E-state index contributed by atoms with van der Waals surface area (Å²) in [6.07, 6.45) is 0.538. The standard InChI is InChI=1S/C23H29ClN2O3S/c1-4-21(23(28)25-5-2)26(14-17-9-8-11-19(13-17)29-3)22(27)16-30-15-18-10-6-7-12-20(18)24/h6-13,21H,4-5,14-16H2,1-3H3,(H,25,28). The lowest BCUT2D eigenvalue weighted by atomic mass is 10.1. The topological polar surface area (TPSA) is 58.6 Å². The molecule has 0 bridgehead atoms. The van der Waals surface area contributed by atoms with Crippen molar-refractivity contribution in [2.75, 3.05) is 19.4 Å². The van der Waals surface area contributed by atoms with Crippen LogP contribution in [0.2, 0.25) is 5.02 Å². The number of thioether (sulfide) groups is 1. The number of likely N-dealkylation sites (N-methyl/N-ethyl adjacent to an activating group) is 1. The summed E-state index contributed by atoms with van der Waals surface area (Å²) in [5.41, 5.74) is 1.91. The van der Waals surface area contributed by atoms with Crippen LogP contribution in [-0.2, 0) is 21.9 Å². The molecule has 0 fully saturated rings. The Hall–Kier alpha value is -2.18. The normalized spacial score (nSPS) is 11.6. The molecule has 5 nitrogen and oxygen atoms in total. The Morgan fingerprint density at radius 2 is 1.93 bits per heavy atom. The van der Waals surface area contributed by atoms with E-state index >= 15 is 0 Å². The van der Waals surface area contributed by atoms with Gasteiger partial charge in [0.1, 0.15) is 11.8 Å². The van der Waals surface area contributed by atoms with Crippen LogP contribution in [0.15, 0.2) is 48.5 Å². The summed E-state index contributed by atoms with van der Waals surface area (Å²) >= 11 is 7.71. The van der Waals surface area contributed by atoms with E-state index in [1.54, 1.807) is 12.0 Å². The van der Waals surface area contributed by atoms with Gasteiger partial charge in [0, 0.05) is 23.9 Å². The highest BCUT2D eigenvalue weighted by Gasteiger charge is 2.28. The van der Waals surface area contributed by atoms with E-state index in [0.717, 1.165) is 16.9 Å². The highest BCUT2D eigenvalue weighted by atomic mass is 35.5. The molecule has 0 saturated carbocycles. The second-order valence-electron chi connectivity index (χ2n) is 6.78. The molecule has 1 atom stereocenters. The van der Waals surface area contributed by atoms with E-state index in [0.29, 0.717) is 30.3 Å². The molecule has 0 radical (unpaired) electrons. The van der Waals surface area contributed by atoms with Gasteiger partial charge < -0.3 is 15.0 Å². The first-order chi connectivity index (χ1) is 14.5. The quantitative estimate of drug-likeness (QED) is 0.548. The van der Waals surface area contributed by atoms with Gasteiger partial charge in [-0.15, -0.1) is 11.8 Å². The SMILES string of the molecule is CCNC(=O)C(CC)N(Cc1cccc(OC)c1)C(=O)CSCc1ccccc1Cl. The van der Waals surface area contributed by atoms with E-state index in [9.17, 15) is 9.59 Å². The van der Waals surface area contributed by atoms with E-state index in [1.165, 1.54) is 11.8 Å². The molecule has 2 aromatic rings. The minimum atomic E-state index is -0.524. The van der Waals surface area contributed by atoms with E-state index < -0.39 is 6.04 Å². The van der Waals surface area contributed by atoms with E-state index in [4.69, 9.17) is 16.3 Å². The predicted octanol–water partition coefficient (Wildman–Crippen LogP) is 4.53. The maximum atomic E-state index is 13.1. The zero-order chi connectivity index (χ0) is 21.9. The Bertz CT molecular complexity index is 847. The number of nitrogens with one attached hydrogen (secondary N) is 1. The number of carbonyl (C=O) groups is 2. The van der Waals surface area contributed by atoms with Gasteiger partial charge >= 0.3 is 0 Å². The average molecular weight is 449 g/mol. The number of hydrogen-bond acceptors (Lipinski definition) is 4. The Morgan fingerprint density at radius 3 is 2.60 bits per heavy atom. The van der Waals surface area contributed by atoms with Crippen molar-refractivity contribution in [1.82, 2.24) is 10.2 Å². The third-order valence-corrected chi connectivity index (χ3v) is 6.00. The van der Waals surface area contributed by atoms with Crippen molar-refractivity contribution in [3.8, 4) is 5.75 Å². The molecule has 2 amide bonds. The van der Waals surface area contributed by atoms with Crippen molar-refractivity contribution < 1.29 is 14.3 Å². The van der Waals surface area contributed by atoms with Crippen LogP contribution in [0.3, 0.4) is 0 Å². The maximum absolute atomic E-state index is 13.1. The lowest BCUT2D eigenvalue weighted by Gasteiger charge is -2.30. The molecule has 0 spiro atoms. The van der Waals surface area contributed by atoms with Crippen LogP contribution in [0, 0.1) is 0 Å². The molecule has 0 saturated heterocycles. The summed E-state index contributed by atoms with van der Waals surface area (Å²) in [6.45, 7) is 4.66. The van der Waals surface area contributed by atoms with Crippen LogP contribution in [0.1, 0.15) is 31.4 Å². The highest BCUT2D eigenvalue weighted by Crippen LogP contribution is 2.22. The molecule has 30 heavy (non-hydrogen) atoms. The number of nitrogens with zero attached hydrogens (tertiary/aromatic N) is 1. The predicted molar refractivity (Wildman–Crippen MR) is 124 cm³/mol. The summed E-state index contributed by atoms with van der Waals surface area (Å²) in [6, 6.07) is 14.7. The highest BCUT2D eigenvalue weighted by molar-refractivity contribution is 7.99. The van der Waals surface area contributed by atoms with Crippen LogP contribution < -0.4 is 10.1 Å². The second kappa shape index (κ2) is 12.5. The minimum Gasteiger partial charge on any atom is -0.497 e. The molecule has 0 aromatic heterocycles. The minimum absolute atomic E-state index is 0.0759. The number of ether oxygens (including phenoxy) is 1. The summed E-state index contributed by atoms with van der Waals surface area (Å²) < 4.78 is 5.30. The molecule has 1 N–H and O–H groups in total. The van der Waals surface area contributed by atoms with Crippen molar-refractivity contribution in [3.05, 3.63) is 64.7 Å². The largest absolute Gasteiger partial charge is 0.497 e. The van der Waals surface area contributed by atoms with Crippen LogP contribution >= 0.6 is 23.4 Å². The number of halogens is 1. The van der Waals surface area contributed by atoms with Crippen molar-refractivity contribution in [2.45, 2.75) is 38.6 Å². The molecule has 1 unspecified atom stereocenters. The third-order valence-electron chi connectivity index (χ3n) is 4.66. The van der Waals surface area contributed by atoms with E-state index in [2.05, 4.69) is 5.32 Å². The fourth-order valence-electron chi connectivity index (χ4n) is 3.13. The summed E-state index contributed by atoms with van der Waals surface area (Å²) in [4.78, 5) is 27.4. The smallest absolute Gasteiger partial charge is 0.242 e. The van der Waals surface area contributed by atoms with Crippen LogP contribution in [-0.4, -0.2) is 42.2 Å². The number of methoxy groups -OCH3 is 1. The van der Waals surface area contributed by atoms with Crippen molar-refractivity contribution in [3.63, 3.8) is 0 Å². The van der Waals surface area contributed by atoms with Gasteiger partial charge in [-0.25, -0.2) is 0 Å². The third kappa shape index (κ3) is 6.96. The molecule has 2 rings (SSSR count). The van der Waals surface area contributed by atoms with Gasteiger partial charge in [-0.3, -0.25) is 9.59 Å². The Balaban J connectivity index is 2.14. The zero-order valence-corrected chi connectivity index (χ0v) is 19.3. The maximum Gasteiger partial charge on any atom is 0.242 e. The van der Waals surface area contributed by atoms with E-state index in [-0.39, 0.29) is 17.6 Å². The second-order valence-corrected chi connectivity index (χ2v) is 8.17. The van der Waals surface area contributed by atoms with Crippen molar-refractivity contribution >= 4 is 35.2 Å². The van der Waals surface area contributed by atoms with Crippen molar-refractivity contribution in [2.24, 2.45) is 0 Å². The lowest BCUT2D eigenvalue weighted by Crippen LogP contribution is -2.49. The first-order valence-corrected chi connectivity index (χ1v) is 11.5. The number of rotatable bonds is 11. The van der Waals surface area contributed by atoms with Crippen molar-refractivity contribution in [1.29, 1.82) is 0 Å². The van der Waals surface area contributed by atoms with Crippen LogP contribution in [0.4, 0.5) is 0 Å². The van der Waals surface area contributed by atoms with Gasteiger partial charge in [0.2, 0.25) is 11.8 Å². The van der Waals surface area contributed by atoms with Crippen LogP contribution in [0.25, 0.3) is 0 Å². The Morgan fingerprint density at radius 1 is 1.17 bits per heavy atom. The first-order valence-electron chi connectivity index (χ1n) is 10.0. The van der Waals surface area contributed by atoms with Gasteiger partial charge in [0.15, 0.2) is 0 Å². The number of hydrogen-bond donors (Lipinski definition) is 1. The number of benzene rings is 2. The number of carbonyl (C=O) groups excluding carboxylic acids is 2. The molecular weight excluding hydrogens is 420 g/mol. The summed E-state index contributed by atoms with van der Waals surface area (Å²) in [7, 11) is 1.61. The van der Waals surface area contributed by atoms with E-state index in [1.807, 2.05) is 62.4 Å². The summed E-state index contributed by atoms with van der Waals surface area (Å²) in [5.74, 6) is 1.42. The van der Waals surface area contributed by atoms with Gasteiger partial charge in [0.05, 0.1) is 12.9 Å². The molecule has 0 aliphatic heterocycles. The average Bonchev–Trinajstić information content (AvgIpc) is 2.75. The van der Waals surface area contributed by atoms with Gasteiger partial charge in [0.25, 0.3) is 0 Å². The van der Waals surface area contributed by atoms with Gasteiger partial charge in [-0.05, 0) is 42.7 Å². The fraction of sp³-hybridized carbons (Fsp3) is 0.391. The molecule has 162 valence electrons. The molecule has 2 aromatic carbocycles. The molecule has 0 aliphatic rings. The van der Waals surface area contributed by atoms with Gasteiger partial charge in [-0.2, -0.15) is 0 Å². The fourth-order valence-corrected chi connectivity index (χ4v) is 4.32. The molecule has 0 aliphatic carbocycles. The van der Waals surface area contributed by atoms with Crippen LogP contribution in [0.5, 0.6) is 5.75 Å². The Labute approximate surface area is 188 Å². The molecular formula is C23H29ClN2O3S. The number of amides is 2. The molecule has 0 heterocycles. The summed E-state index contributed by atoms with van der Waals surface area (Å²) in [5, 5.41) is 3.54. The molecule has 7 heteroatoms.